The molecule has 7 heteroatoms. The molecule has 5 nitrogen and oxygen atoms in total. The zero-order valence-electron chi connectivity index (χ0n) is 16.5. The number of methoxy groups -OCH3 is 1. The molecule has 2 amide bonds. The molecule has 0 bridgehead atoms. The second kappa shape index (κ2) is 9.24. The van der Waals surface area contributed by atoms with Gasteiger partial charge in [-0.05, 0) is 43.2 Å². The highest BCUT2D eigenvalue weighted by molar-refractivity contribution is 8.26. The maximum Gasteiger partial charge on any atom is 0.266 e. The Balaban J connectivity index is 1.65. The van der Waals surface area contributed by atoms with E-state index < -0.39 is 0 Å². The summed E-state index contributed by atoms with van der Waals surface area (Å²) in [6, 6.07) is 13.2. The van der Waals surface area contributed by atoms with E-state index in [1.165, 1.54) is 16.7 Å². The second-order valence-electron chi connectivity index (χ2n) is 6.62. The average molecular weight is 427 g/mol. The minimum Gasteiger partial charge on any atom is -0.496 e. The van der Waals surface area contributed by atoms with E-state index in [2.05, 4.69) is 5.32 Å². The van der Waals surface area contributed by atoms with Crippen molar-refractivity contribution in [2.45, 2.75) is 20.3 Å². The van der Waals surface area contributed by atoms with Crippen molar-refractivity contribution in [2.75, 3.05) is 19.0 Å². The molecule has 150 valence electrons. The highest BCUT2D eigenvalue weighted by atomic mass is 32.2. The Kier molecular flexibility index (Phi) is 6.71. The van der Waals surface area contributed by atoms with E-state index in [4.69, 9.17) is 17.0 Å². The summed E-state index contributed by atoms with van der Waals surface area (Å²) in [5, 5.41) is 2.91. The number of nitrogens with zero attached hydrogens (tertiary/aromatic N) is 1. The summed E-state index contributed by atoms with van der Waals surface area (Å²) in [5.74, 6) is 0.345. The fraction of sp³-hybridized carbons (Fsp3) is 0.227. The molecule has 1 heterocycles. The molecule has 1 fully saturated rings. The van der Waals surface area contributed by atoms with Crippen LogP contribution < -0.4 is 10.1 Å². The number of aryl methyl sites for hydroxylation is 1. The van der Waals surface area contributed by atoms with E-state index in [0.29, 0.717) is 15.0 Å². The summed E-state index contributed by atoms with van der Waals surface area (Å²) in [4.78, 5) is 27.1. The van der Waals surface area contributed by atoms with Crippen LogP contribution >= 0.6 is 24.0 Å². The first-order valence-electron chi connectivity index (χ1n) is 9.15. The molecule has 0 radical (unpaired) electrons. The van der Waals surface area contributed by atoms with E-state index in [1.807, 2.05) is 56.3 Å². The summed E-state index contributed by atoms with van der Waals surface area (Å²) < 4.78 is 5.79. The van der Waals surface area contributed by atoms with Crippen molar-refractivity contribution >= 4 is 51.9 Å². The summed E-state index contributed by atoms with van der Waals surface area (Å²) in [6.07, 6.45) is 1.94. The van der Waals surface area contributed by atoms with E-state index in [9.17, 15) is 9.59 Å². The molecule has 1 aliphatic rings. The standard InChI is InChI=1S/C22H22N2O3S2/c1-14-7-6-9-17(15(14)2)23-20(25)11-12-24-21(26)19(29-22(24)28)13-16-8-4-5-10-18(16)27-3/h4-10,13H,11-12H2,1-3H3,(H,23,25)/b19-13-. The van der Waals surface area contributed by atoms with E-state index in [-0.39, 0.29) is 24.8 Å². The third-order valence-corrected chi connectivity index (χ3v) is 6.12. The van der Waals surface area contributed by atoms with E-state index in [0.717, 1.165) is 22.4 Å². The summed E-state index contributed by atoms with van der Waals surface area (Å²) in [7, 11) is 1.59. The SMILES string of the molecule is COc1ccccc1/C=C1\SC(=S)N(CCC(=O)Nc2cccc(C)c2C)C1=O. The Hall–Kier alpha value is -2.64. The van der Waals surface area contributed by atoms with Gasteiger partial charge in [0, 0.05) is 24.2 Å². The Morgan fingerprint density at radius 3 is 2.72 bits per heavy atom. The number of thiocarbonyl (C=S) groups is 1. The molecule has 0 saturated carbocycles. The number of ether oxygens (including phenoxy) is 1. The van der Waals surface area contributed by atoms with Crippen LogP contribution in [0.5, 0.6) is 5.75 Å². The van der Waals surface area contributed by atoms with Crippen LogP contribution in [-0.2, 0) is 9.59 Å². The van der Waals surface area contributed by atoms with Crippen LogP contribution in [0.2, 0.25) is 0 Å². The largest absolute Gasteiger partial charge is 0.496 e. The predicted molar refractivity (Wildman–Crippen MR) is 122 cm³/mol. The van der Waals surface area contributed by atoms with Crippen molar-refractivity contribution < 1.29 is 14.3 Å². The number of para-hydroxylation sites is 1. The first-order valence-corrected chi connectivity index (χ1v) is 10.4. The van der Waals surface area contributed by atoms with Gasteiger partial charge in [-0.3, -0.25) is 14.5 Å². The average Bonchev–Trinajstić information content (AvgIpc) is 2.97. The maximum absolute atomic E-state index is 12.8. The molecule has 3 rings (SSSR count). The van der Waals surface area contributed by atoms with Gasteiger partial charge in [-0.25, -0.2) is 0 Å². The molecule has 0 atom stereocenters. The molecule has 2 aromatic carbocycles. The fourth-order valence-electron chi connectivity index (χ4n) is 2.93. The topological polar surface area (TPSA) is 58.6 Å². The van der Waals surface area contributed by atoms with Crippen molar-refractivity contribution in [3.8, 4) is 5.75 Å². The molecular weight excluding hydrogens is 404 g/mol. The molecule has 1 saturated heterocycles. The van der Waals surface area contributed by atoms with Gasteiger partial charge < -0.3 is 10.1 Å². The number of carbonyl (C=O) groups is 2. The Labute approximate surface area is 180 Å². The van der Waals surface area contributed by atoms with Crippen LogP contribution in [0.25, 0.3) is 6.08 Å². The van der Waals surface area contributed by atoms with Gasteiger partial charge in [-0.15, -0.1) is 0 Å². The van der Waals surface area contributed by atoms with Gasteiger partial charge in [0.05, 0.1) is 12.0 Å². The van der Waals surface area contributed by atoms with Gasteiger partial charge in [0.25, 0.3) is 5.91 Å². The number of amides is 2. The fourth-order valence-corrected chi connectivity index (χ4v) is 4.23. The van der Waals surface area contributed by atoms with Crippen LogP contribution in [0.4, 0.5) is 5.69 Å². The van der Waals surface area contributed by atoms with Gasteiger partial charge in [0.15, 0.2) is 0 Å². The van der Waals surface area contributed by atoms with Crippen molar-refractivity contribution in [3.63, 3.8) is 0 Å². The summed E-state index contributed by atoms with van der Waals surface area (Å²) in [6.45, 7) is 4.21. The molecular formula is C22H22N2O3S2. The molecule has 29 heavy (non-hydrogen) atoms. The number of anilines is 1. The lowest BCUT2D eigenvalue weighted by atomic mass is 10.1. The summed E-state index contributed by atoms with van der Waals surface area (Å²) in [5.41, 5.74) is 3.74. The number of rotatable bonds is 6. The van der Waals surface area contributed by atoms with Gasteiger partial charge in [0.2, 0.25) is 5.91 Å². The molecule has 0 aromatic heterocycles. The molecule has 0 unspecified atom stereocenters. The van der Waals surface area contributed by atoms with Gasteiger partial charge >= 0.3 is 0 Å². The minimum atomic E-state index is -0.189. The first-order chi connectivity index (χ1) is 13.9. The smallest absolute Gasteiger partial charge is 0.266 e. The van der Waals surface area contributed by atoms with Crippen LogP contribution in [0.1, 0.15) is 23.1 Å². The molecule has 2 aromatic rings. The Bertz CT molecular complexity index is 1000. The van der Waals surface area contributed by atoms with E-state index in [1.54, 1.807) is 13.2 Å². The zero-order chi connectivity index (χ0) is 21.0. The lowest BCUT2D eigenvalue weighted by molar-refractivity contribution is -0.122. The third-order valence-electron chi connectivity index (χ3n) is 4.74. The maximum atomic E-state index is 12.8. The van der Waals surface area contributed by atoms with Crippen molar-refractivity contribution in [1.29, 1.82) is 0 Å². The number of hydrogen-bond acceptors (Lipinski definition) is 5. The van der Waals surface area contributed by atoms with Crippen LogP contribution in [0, 0.1) is 13.8 Å². The lowest BCUT2D eigenvalue weighted by Gasteiger charge is -2.15. The van der Waals surface area contributed by atoms with Gasteiger partial charge in [-0.2, -0.15) is 0 Å². The number of carbonyl (C=O) groups excluding carboxylic acids is 2. The zero-order valence-corrected chi connectivity index (χ0v) is 18.2. The minimum absolute atomic E-state index is 0.151. The van der Waals surface area contributed by atoms with Gasteiger partial charge in [-0.1, -0.05) is 54.3 Å². The predicted octanol–water partition coefficient (Wildman–Crippen LogP) is 4.54. The van der Waals surface area contributed by atoms with Crippen LogP contribution in [0.15, 0.2) is 47.4 Å². The number of benzene rings is 2. The van der Waals surface area contributed by atoms with Crippen molar-refractivity contribution in [1.82, 2.24) is 4.90 Å². The number of thioether (sulfide) groups is 1. The van der Waals surface area contributed by atoms with Gasteiger partial charge in [0.1, 0.15) is 10.1 Å². The molecule has 1 aliphatic heterocycles. The normalized spacial score (nSPS) is 15.1. The van der Waals surface area contributed by atoms with E-state index >= 15 is 0 Å². The third kappa shape index (κ3) is 4.86. The Morgan fingerprint density at radius 2 is 1.97 bits per heavy atom. The highest BCUT2D eigenvalue weighted by Gasteiger charge is 2.32. The first kappa shape index (κ1) is 21.1. The van der Waals surface area contributed by atoms with Crippen molar-refractivity contribution in [3.05, 3.63) is 64.1 Å². The Morgan fingerprint density at radius 1 is 1.21 bits per heavy atom. The number of nitrogens with one attached hydrogen (secondary N) is 1. The number of hydrogen-bond donors (Lipinski definition) is 1. The summed E-state index contributed by atoms with van der Waals surface area (Å²) >= 11 is 6.59. The monoisotopic (exact) mass is 426 g/mol. The van der Waals surface area contributed by atoms with Crippen molar-refractivity contribution in [2.24, 2.45) is 0 Å². The molecule has 0 spiro atoms. The second-order valence-corrected chi connectivity index (χ2v) is 8.30. The van der Waals surface area contributed by atoms with Crippen LogP contribution in [-0.4, -0.2) is 34.7 Å². The molecule has 1 N–H and O–H groups in total. The molecule has 0 aliphatic carbocycles. The quantitative estimate of drug-likeness (QED) is 0.543. The highest BCUT2D eigenvalue weighted by Crippen LogP contribution is 2.34. The lowest BCUT2D eigenvalue weighted by Crippen LogP contribution is -2.31. The van der Waals surface area contributed by atoms with Crippen LogP contribution in [0.3, 0.4) is 0 Å².